The summed E-state index contributed by atoms with van der Waals surface area (Å²) in [6.07, 6.45) is 3.86. The molecule has 1 aliphatic heterocycles. The van der Waals surface area contributed by atoms with Crippen molar-refractivity contribution in [2.75, 3.05) is 13.6 Å². The average Bonchev–Trinajstić information content (AvgIpc) is 2.50. The highest BCUT2D eigenvalue weighted by molar-refractivity contribution is 5.96. The van der Waals surface area contributed by atoms with Gasteiger partial charge in [-0.2, -0.15) is 0 Å². The molecule has 1 aliphatic rings. The minimum absolute atomic E-state index is 0.0162. The molecule has 0 saturated heterocycles. The van der Waals surface area contributed by atoms with Gasteiger partial charge < -0.3 is 0 Å². The number of rotatable bonds is 4. The van der Waals surface area contributed by atoms with Crippen LogP contribution in [-0.4, -0.2) is 23.9 Å². The number of benzene rings is 1. The van der Waals surface area contributed by atoms with Crippen molar-refractivity contribution >= 4 is 5.78 Å². The van der Waals surface area contributed by atoms with E-state index in [9.17, 15) is 4.79 Å². The molecular weight excluding hydrogens is 270 g/mol. The second-order valence-corrected chi connectivity index (χ2v) is 7.87. The Labute approximate surface area is 135 Å². The van der Waals surface area contributed by atoms with Gasteiger partial charge in [0, 0.05) is 23.8 Å². The summed E-state index contributed by atoms with van der Waals surface area (Å²) in [5, 5.41) is 0. The van der Waals surface area contributed by atoms with Gasteiger partial charge in [0.1, 0.15) is 11.7 Å². The Morgan fingerprint density at radius 3 is 2.36 bits per heavy atom. The van der Waals surface area contributed by atoms with E-state index in [1.54, 1.807) is 0 Å². The molecule has 2 nitrogen and oxygen atoms in total. The van der Waals surface area contributed by atoms with Crippen LogP contribution in [0.25, 0.3) is 0 Å². The van der Waals surface area contributed by atoms with Crippen molar-refractivity contribution in [2.24, 2.45) is 5.41 Å². The number of hydrogen-bond acceptors (Lipinski definition) is 1. The molecule has 0 saturated carbocycles. The number of Topliss-reactive ketones (excluding diaryl/α,β-unsaturated/α-hetero) is 1. The first-order valence-corrected chi connectivity index (χ1v) is 8.31. The number of carbonyl (C=O) groups excluding carboxylic acids is 1. The van der Waals surface area contributed by atoms with E-state index in [1.807, 2.05) is 6.92 Å². The average molecular weight is 300 g/mol. The van der Waals surface area contributed by atoms with E-state index in [0.717, 1.165) is 23.0 Å². The first-order valence-electron chi connectivity index (χ1n) is 8.31. The minimum atomic E-state index is -0.0585. The molecule has 0 radical (unpaired) electrons. The van der Waals surface area contributed by atoms with Crippen molar-refractivity contribution in [3.63, 3.8) is 0 Å². The van der Waals surface area contributed by atoms with Gasteiger partial charge in [0.2, 0.25) is 0 Å². The third-order valence-corrected chi connectivity index (χ3v) is 5.72. The maximum absolute atomic E-state index is 12.5. The van der Waals surface area contributed by atoms with Crippen molar-refractivity contribution < 1.29 is 9.28 Å². The number of hydrogen-bond donors (Lipinski definition) is 0. The van der Waals surface area contributed by atoms with Crippen molar-refractivity contribution in [2.45, 2.75) is 53.0 Å². The molecule has 0 spiro atoms. The van der Waals surface area contributed by atoms with Crippen LogP contribution in [0, 0.1) is 5.41 Å². The maximum Gasteiger partial charge on any atom is 0.164 e. The smallest absolute Gasteiger partial charge is 0.164 e. The molecule has 0 aliphatic carbocycles. The van der Waals surface area contributed by atoms with Gasteiger partial charge in [-0.3, -0.25) is 9.28 Å². The zero-order valence-electron chi connectivity index (χ0n) is 14.9. The van der Waals surface area contributed by atoms with Crippen LogP contribution in [0.1, 0.15) is 53.0 Å². The summed E-state index contributed by atoms with van der Waals surface area (Å²) in [7, 11) is 2.26. The van der Waals surface area contributed by atoms with Crippen molar-refractivity contribution in [3.8, 4) is 0 Å². The second kappa shape index (κ2) is 5.66. The lowest BCUT2D eigenvalue weighted by Gasteiger charge is -2.50. The molecule has 22 heavy (non-hydrogen) atoms. The number of carbonyl (C=O) groups is 1. The van der Waals surface area contributed by atoms with E-state index in [-0.39, 0.29) is 16.7 Å². The Bertz CT molecular complexity index is 583. The Balaban J connectivity index is 2.52. The largest absolute Gasteiger partial charge is 0.294 e. The molecule has 2 heteroatoms. The van der Waals surface area contributed by atoms with E-state index < -0.39 is 0 Å². The maximum atomic E-state index is 12.5. The zero-order valence-corrected chi connectivity index (χ0v) is 14.9. The van der Waals surface area contributed by atoms with E-state index >= 15 is 0 Å². The number of allylic oxidation sites excluding steroid dienone is 1. The molecular formula is C20H30NO+. The summed E-state index contributed by atoms with van der Waals surface area (Å²) in [6, 6.07) is 10.6. The zero-order chi connectivity index (χ0) is 16.6. The monoisotopic (exact) mass is 300 g/mol. The summed E-state index contributed by atoms with van der Waals surface area (Å²) in [6.45, 7) is 12.0. The van der Waals surface area contributed by atoms with E-state index in [4.69, 9.17) is 0 Å². The molecule has 1 unspecified atom stereocenters. The molecule has 1 heterocycles. The molecule has 0 N–H and O–H groups in total. The fourth-order valence-electron chi connectivity index (χ4n) is 3.39. The topological polar surface area (TPSA) is 17.1 Å². The quantitative estimate of drug-likeness (QED) is 0.739. The first-order chi connectivity index (χ1) is 10.1. The van der Waals surface area contributed by atoms with Crippen LogP contribution in [-0.2, 0) is 10.3 Å². The Hall–Kier alpha value is -1.41. The second-order valence-electron chi connectivity index (χ2n) is 7.87. The highest BCUT2D eigenvalue weighted by Crippen LogP contribution is 2.44. The number of nitrogens with zero attached hydrogens (tertiary/aromatic N) is 1. The van der Waals surface area contributed by atoms with Gasteiger partial charge >= 0.3 is 0 Å². The minimum Gasteiger partial charge on any atom is -0.294 e. The van der Waals surface area contributed by atoms with Crippen LogP contribution < -0.4 is 0 Å². The summed E-state index contributed by atoms with van der Waals surface area (Å²) in [5.41, 5.74) is 2.25. The van der Waals surface area contributed by atoms with Crippen LogP contribution >= 0.6 is 0 Å². The number of quaternary nitrogens is 1. The molecule has 0 amide bonds. The lowest BCUT2D eigenvalue weighted by atomic mass is 9.74. The first kappa shape index (κ1) is 17.0. The normalized spacial score (nSPS) is 24.7. The Morgan fingerprint density at radius 1 is 1.23 bits per heavy atom. The van der Waals surface area contributed by atoms with Gasteiger partial charge in [-0.05, 0) is 13.8 Å². The molecule has 0 aromatic heterocycles. The molecule has 1 aromatic carbocycles. The molecule has 0 bridgehead atoms. The third kappa shape index (κ3) is 2.77. The summed E-state index contributed by atoms with van der Waals surface area (Å²) in [4.78, 5) is 12.5. The predicted molar refractivity (Wildman–Crippen MR) is 92.3 cm³/mol. The van der Waals surface area contributed by atoms with Gasteiger partial charge in [-0.15, -0.1) is 0 Å². The van der Waals surface area contributed by atoms with E-state index in [0.29, 0.717) is 6.42 Å². The fraction of sp³-hybridized carbons (Fsp3) is 0.550. The summed E-state index contributed by atoms with van der Waals surface area (Å²) in [5.74, 6) is 0.290. The van der Waals surface area contributed by atoms with Crippen LogP contribution in [0.4, 0.5) is 0 Å². The molecule has 120 valence electrons. The van der Waals surface area contributed by atoms with Gasteiger partial charge in [-0.25, -0.2) is 0 Å². The van der Waals surface area contributed by atoms with Crippen molar-refractivity contribution in [1.29, 1.82) is 0 Å². The van der Waals surface area contributed by atoms with Crippen LogP contribution in [0.15, 0.2) is 42.1 Å². The third-order valence-electron chi connectivity index (χ3n) is 5.72. The number of ketones is 1. The lowest BCUT2D eigenvalue weighted by Crippen LogP contribution is -2.57. The highest BCUT2D eigenvalue weighted by atomic mass is 16.1. The molecule has 0 fully saturated rings. The SMILES string of the molecule is CCC(=O)C1=C[N+](C)(C(C)(C)c2ccccc2)CCC1(C)C. The van der Waals surface area contributed by atoms with Gasteiger partial charge in [0.25, 0.3) is 0 Å². The fourth-order valence-corrected chi connectivity index (χ4v) is 3.39. The van der Waals surface area contributed by atoms with Gasteiger partial charge in [-0.1, -0.05) is 51.1 Å². The highest BCUT2D eigenvalue weighted by Gasteiger charge is 2.47. The van der Waals surface area contributed by atoms with E-state index in [2.05, 4.69) is 71.3 Å². The van der Waals surface area contributed by atoms with Crippen molar-refractivity contribution in [3.05, 3.63) is 47.7 Å². The standard InChI is InChI=1S/C20H30NO/c1-7-18(22)17-15-21(6,14-13-19(17,2)3)20(4,5)16-11-9-8-10-12-16/h8-12,15H,7,13-14H2,1-6H3/q+1. The van der Waals surface area contributed by atoms with Gasteiger partial charge in [0.05, 0.1) is 19.2 Å². The Kier molecular flexibility index (Phi) is 4.36. The van der Waals surface area contributed by atoms with Crippen molar-refractivity contribution in [1.82, 2.24) is 0 Å². The summed E-state index contributed by atoms with van der Waals surface area (Å²) < 4.78 is 0.779. The molecule has 2 rings (SSSR count). The van der Waals surface area contributed by atoms with Crippen LogP contribution in [0.2, 0.25) is 0 Å². The van der Waals surface area contributed by atoms with Gasteiger partial charge in [0.15, 0.2) is 5.78 Å². The van der Waals surface area contributed by atoms with Crippen LogP contribution in [0.3, 0.4) is 0 Å². The predicted octanol–water partition coefficient (Wildman–Crippen LogP) is 4.66. The molecule has 1 aromatic rings. The summed E-state index contributed by atoms with van der Waals surface area (Å²) >= 11 is 0. The van der Waals surface area contributed by atoms with Crippen LogP contribution in [0.5, 0.6) is 0 Å². The lowest BCUT2D eigenvalue weighted by molar-refractivity contribution is -0.920. The Morgan fingerprint density at radius 2 is 1.82 bits per heavy atom. The molecule has 1 atom stereocenters. The van der Waals surface area contributed by atoms with E-state index in [1.165, 1.54) is 5.56 Å².